The maximum absolute atomic E-state index is 5.88. The third kappa shape index (κ3) is 4.99. The van der Waals surface area contributed by atoms with E-state index in [0.29, 0.717) is 6.04 Å². The van der Waals surface area contributed by atoms with E-state index in [0.717, 1.165) is 51.5 Å². The number of aryl methyl sites for hydroxylation is 2. The third-order valence-corrected chi connectivity index (χ3v) is 4.13. The van der Waals surface area contributed by atoms with Gasteiger partial charge in [0.2, 0.25) is 0 Å². The van der Waals surface area contributed by atoms with Gasteiger partial charge in [0.15, 0.2) is 0 Å². The normalized spacial score (nSPS) is 20.7. The molecule has 4 nitrogen and oxygen atoms in total. The first-order valence-corrected chi connectivity index (χ1v) is 7.92. The van der Waals surface area contributed by atoms with Gasteiger partial charge in [0.05, 0.1) is 6.61 Å². The largest absolute Gasteiger partial charge is 0.494 e. The lowest BCUT2D eigenvalue weighted by Crippen LogP contribution is -2.55. The van der Waals surface area contributed by atoms with Crippen LogP contribution in [-0.4, -0.2) is 62.2 Å². The minimum absolute atomic E-state index is 0.491. The van der Waals surface area contributed by atoms with Crippen molar-refractivity contribution in [3.63, 3.8) is 0 Å². The Morgan fingerprint density at radius 3 is 2.57 bits per heavy atom. The number of ether oxygens (including phenoxy) is 1. The van der Waals surface area contributed by atoms with Crippen LogP contribution in [-0.2, 0) is 0 Å². The summed E-state index contributed by atoms with van der Waals surface area (Å²) in [7, 11) is 2.17. The molecule has 0 spiro atoms. The molecule has 118 valence electrons. The van der Waals surface area contributed by atoms with E-state index in [-0.39, 0.29) is 0 Å². The zero-order valence-corrected chi connectivity index (χ0v) is 13.6. The average Bonchev–Trinajstić information content (AvgIpc) is 2.43. The molecule has 1 aromatic carbocycles. The van der Waals surface area contributed by atoms with Gasteiger partial charge in [-0.1, -0.05) is 6.07 Å². The zero-order valence-electron chi connectivity index (χ0n) is 13.6. The number of hydrogen-bond acceptors (Lipinski definition) is 4. The highest BCUT2D eigenvalue weighted by molar-refractivity contribution is 5.32. The van der Waals surface area contributed by atoms with Crippen LogP contribution in [0.15, 0.2) is 18.2 Å². The van der Waals surface area contributed by atoms with Gasteiger partial charge < -0.3 is 15.4 Å². The van der Waals surface area contributed by atoms with E-state index in [9.17, 15) is 0 Å². The minimum atomic E-state index is 0.491. The minimum Gasteiger partial charge on any atom is -0.494 e. The topological polar surface area (TPSA) is 41.7 Å². The smallest absolute Gasteiger partial charge is 0.119 e. The first kappa shape index (κ1) is 16.3. The second-order valence-electron chi connectivity index (χ2n) is 6.21. The molecule has 1 unspecified atom stereocenters. The van der Waals surface area contributed by atoms with Gasteiger partial charge in [-0.15, -0.1) is 0 Å². The molecule has 1 aliphatic heterocycles. The molecule has 21 heavy (non-hydrogen) atoms. The standard InChI is InChI=1S/C17H29N3O/c1-14-9-15(2)11-17(10-14)21-8-4-5-20-7-6-19(3)13-16(20)12-18/h9-11,16H,4-8,12-13,18H2,1-3H3. The Kier molecular flexibility index (Phi) is 6.03. The van der Waals surface area contributed by atoms with Crippen LogP contribution in [0.2, 0.25) is 0 Å². The molecule has 0 aromatic heterocycles. The van der Waals surface area contributed by atoms with Crippen molar-refractivity contribution in [2.75, 3.05) is 46.4 Å². The number of nitrogens with two attached hydrogens (primary N) is 1. The summed E-state index contributed by atoms with van der Waals surface area (Å²) in [5, 5.41) is 0. The van der Waals surface area contributed by atoms with Gasteiger partial charge in [0.25, 0.3) is 0 Å². The van der Waals surface area contributed by atoms with Crippen LogP contribution in [0.1, 0.15) is 17.5 Å². The van der Waals surface area contributed by atoms with Gasteiger partial charge in [0.1, 0.15) is 5.75 Å². The predicted octanol–water partition coefficient (Wildman–Crippen LogP) is 1.65. The predicted molar refractivity (Wildman–Crippen MR) is 87.9 cm³/mol. The molecule has 2 N–H and O–H groups in total. The number of benzene rings is 1. The van der Waals surface area contributed by atoms with E-state index in [4.69, 9.17) is 10.5 Å². The van der Waals surface area contributed by atoms with Gasteiger partial charge in [-0.05, 0) is 50.6 Å². The lowest BCUT2D eigenvalue weighted by molar-refractivity contribution is 0.0890. The lowest BCUT2D eigenvalue weighted by atomic mass is 10.1. The highest BCUT2D eigenvalue weighted by Crippen LogP contribution is 2.16. The van der Waals surface area contributed by atoms with E-state index in [1.165, 1.54) is 11.1 Å². The number of piperazine rings is 1. The average molecular weight is 291 g/mol. The Balaban J connectivity index is 1.74. The summed E-state index contributed by atoms with van der Waals surface area (Å²) in [4.78, 5) is 4.87. The molecule has 4 heteroatoms. The SMILES string of the molecule is Cc1cc(C)cc(OCCCN2CCN(C)CC2CN)c1. The second-order valence-corrected chi connectivity index (χ2v) is 6.21. The summed E-state index contributed by atoms with van der Waals surface area (Å²) in [5.41, 5.74) is 8.40. The summed E-state index contributed by atoms with van der Waals surface area (Å²) < 4.78 is 5.88. The van der Waals surface area contributed by atoms with Crippen molar-refractivity contribution < 1.29 is 4.74 Å². The van der Waals surface area contributed by atoms with Gasteiger partial charge in [-0.3, -0.25) is 4.90 Å². The monoisotopic (exact) mass is 291 g/mol. The molecule has 0 radical (unpaired) electrons. The number of nitrogens with zero attached hydrogens (tertiary/aromatic N) is 2. The van der Waals surface area contributed by atoms with Crippen LogP contribution < -0.4 is 10.5 Å². The van der Waals surface area contributed by atoms with E-state index in [1.807, 2.05) is 0 Å². The highest BCUT2D eigenvalue weighted by Gasteiger charge is 2.23. The number of hydrogen-bond donors (Lipinski definition) is 1. The van der Waals surface area contributed by atoms with Crippen molar-refractivity contribution in [1.29, 1.82) is 0 Å². The molecule has 0 amide bonds. The van der Waals surface area contributed by atoms with Crippen molar-refractivity contribution in [3.05, 3.63) is 29.3 Å². The Hall–Kier alpha value is -1.10. The van der Waals surface area contributed by atoms with Gasteiger partial charge in [-0.2, -0.15) is 0 Å². The summed E-state index contributed by atoms with van der Waals surface area (Å²) in [6.45, 7) is 10.1. The molecule has 1 aliphatic rings. The molecular weight excluding hydrogens is 262 g/mol. The van der Waals surface area contributed by atoms with E-state index in [1.54, 1.807) is 0 Å². The van der Waals surface area contributed by atoms with Crippen LogP contribution in [0.25, 0.3) is 0 Å². The summed E-state index contributed by atoms with van der Waals surface area (Å²) in [5.74, 6) is 0.987. The molecule has 2 rings (SSSR count). The van der Waals surface area contributed by atoms with Crippen molar-refractivity contribution >= 4 is 0 Å². The summed E-state index contributed by atoms with van der Waals surface area (Å²) in [6, 6.07) is 6.87. The fraction of sp³-hybridized carbons (Fsp3) is 0.647. The Labute approximate surface area is 128 Å². The van der Waals surface area contributed by atoms with Crippen LogP contribution in [0.4, 0.5) is 0 Å². The maximum Gasteiger partial charge on any atom is 0.119 e. The van der Waals surface area contributed by atoms with E-state index < -0.39 is 0 Å². The van der Waals surface area contributed by atoms with E-state index >= 15 is 0 Å². The van der Waals surface area contributed by atoms with Crippen molar-refractivity contribution in [3.8, 4) is 5.75 Å². The molecule has 1 fully saturated rings. The van der Waals surface area contributed by atoms with E-state index in [2.05, 4.69) is 48.9 Å². The molecule has 0 bridgehead atoms. The Bertz CT molecular complexity index is 429. The summed E-state index contributed by atoms with van der Waals surface area (Å²) >= 11 is 0. The number of rotatable bonds is 6. The fourth-order valence-electron chi connectivity index (χ4n) is 3.04. The molecule has 0 saturated carbocycles. The highest BCUT2D eigenvalue weighted by atomic mass is 16.5. The van der Waals surface area contributed by atoms with Crippen molar-refractivity contribution in [1.82, 2.24) is 9.80 Å². The summed E-state index contributed by atoms with van der Waals surface area (Å²) in [6.07, 6.45) is 1.05. The lowest BCUT2D eigenvalue weighted by Gasteiger charge is -2.39. The van der Waals surface area contributed by atoms with Crippen LogP contribution >= 0.6 is 0 Å². The maximum atomic E-state index is 5.88. The molecular formula is C17H29N3O. The Morgan fingerprint density at radius 1 is 1.19 bits per heavy atom. The fourth-order valence-corrected chi connectivity index (χ4v) is 3.04. The van der Waals surface area contributed by atoms with Gasteiger partial charge in [-0.25, -0.2) is 0 Å². The third-order valence-electron chi connectivity index (χ3n) is 4.13. The van der Waals surface area contributed by atoms with Crippen LogP contribution in [0.3, 0.4) is 0 Å². The van der Waals surface area contributed by atoms with Gasteiger partial charge in [0, 0.05) is 38.8 Å². The molecule has 1 aromatic rings. The first-order valence-electron chi connectivity index (χ1n) is 7.92. The van der Waals surface area contributed by atoms with Gasteiger partial charge >= 0.3 is 0 Å². The molecule has 1 atom stereocenters. The second kappa shape index (κ2) is 7.78. The van der Waals surface area contributed by atoms with Crippen LogP contribution in [0.5, 0.6) is 5.75 Å². The molecule has 1 heterocycles. The van der Waals surface area contributed by atoms with Crippen molar-refractivity contribution in [2.24, 2.45) is 5.73 Å². The Morgan fingerprint density at radius 2 is 1.90 bits per heavy atom. The molecule has 0 aliphatic carbocycles. The molecule has 1 saturated heterocycles. The first-order chi connectivity index (χ1) is 10.1. The number of likely N-dealkylation sites (N-methyl/N-ethyl adjacent to an activating group) is 1. The van der Waals surface area contributed by atoms with Crippen LogP contribution in [0, 0.1) is 13.8 Å². The quantitative estimate of drug-likeness (QED) is 0.809. The van der Waals surface area contributed by atoms with Crippen molar-refractivity contribution in [2.45, 2.75) is 26.3 Å². The zero-order chi connectivity index (χ0) is 15.2.